The number of alkyl halides is 6. The molecule has 0 unspecified atom stereocenters. The lowest BCUT2D eigenvalue weighted by Gasteiger charge is -2.18. The number of rotatable bonds is 10. The number of ether oxygens (including phenoxy) is 2. The Morgan fingerprint density at radius 1 is 0.841 bits per heavy atom. The highest BCUT2D eigenvalue weighted by Crippen LogP contribution is 2.15. The minimum absolute atomic E-state index is 0.0760. The van der Waals surface area contributed by atoms with Gasteiger partial charge in [0.15, 0.2) is 0 Å². The quantitative estimate of drug-likeness (QED) is 0.0868. The highest BCUT2D eigenvalue weighted by molar-refractivity contribution is 5.99. The van der Waals surface area contributed by atoms with E-state index in [1.807, 2.05) is 0 Å². The molecule has 0 aliphatic carbocycles. The monoisotopic (exact) mass is 639 g/mol. The van der Waals surface area contributed by atoms with Crippen molar-refractivity contribution in [1.29, 1.82) is 10.8 Å². The lowest BCUT2D eigenvalue weighted by atomic mass is 10.1. The van der Waals surface area contributed by atoms with Crippen molar-refractivity contribution in [3.63, 3.8) is 0 Å². The van der Waals surface area contributed by atoms with Crippen LogP contribution in [0.3, 0.4) is 0 Å². The van der Waals surface area contributed by atoms with Gasteiger partial charge in [0.25, 0.3) is 5.91 Å². The molecule has 9 N–H and O–H groups in total. The van der Waals surface area contributed by atoms with Gasteiger partial charge in [-0.1, -0.05) is 24.3 Å². The van der Waals surface area contributed by atoms with Gasteiger partial charge in [-0.25, -0.2) is 14.4 Å². The maximum Gasteiger partial charge on any atom is 0.490 e. The Hall–Kier alpha value is -5.36. The standard InChI is InChI=1S/C21H25N5O4.2C2HF3O2/c1-2-29-21(28)17(10-11-30-16-5-3-4-15(12-16)19(24)25)26-20(27)14-8-6-13(7-9-14)18(22)23;2*3-2(4,5)1(6)7/h3-9,12,17H,2,10-11H2,1H3,(H3,22,23)(H3,24,25)(H,26,27);2*(H,6,7)/t17-;;/m0../s1. The number of esters is 1. The van der Waals surface area contributed by atoms with Crippen LogP contribution in [0.15, 0.2) is 48.5 Å². The summed E-state index contributed by atoms with van der Waals surface area (Å²) in [6.45, 7) is 2.00. The largest absolute Gasteiger partial charge is 0.493 e. The molecule has 0 aliphatic rings. The van der Waals surface area contributed by atoms with Crippen molar-refractivity contribution in [2.75, 3.05) is 13.2 Å². The summed E-state index contributed by atoms with van der Waals surface area (Å²) in [5.74, 6) is -6.21. The zero-order valence-corrected chi connectivity index (χ0v) is 22.6. The fourth-order valence-corrected chi connectivity index (χ4v) is 2.58. The molecular formula is C25H27F6N5O8. The summed E-state index contributed by atoms with van der Waals surface area (Å²) in [4.78, 5) is 42.6. The first-order valence-corrected chi connectivity index (χ1v) is 11.8. The van der Waals surface area contributed by atoms with Crippen LogP contribution in [0.5, 0.6) is 5.75 Å². The molecule has 0 bridgehead atoms. The Morgan fingerprint density at radius 2 is 1.30 bits per heavy atom. The number of hydrogen-bond donors (Lipinski definition) is 7. The van der Waals surface area contributed by atoms with E-state index >= 15 is 0 Å². The van der Waals surface area contributed by atoms with Crippen LogP contribution in [0, 0.1) is 10.8 Å². The van der Waals surface area contributed by atoms with Gasteiger partial charge in [0.1, 0.15) is 23.5 Å². The molecule has 0 spiro atoms. The number of carboxylic acid groups (broad SMARTS) is 2. The molecule has 0 radical (unpaired) electrons. The molecule has 1 amide bonds. The van der Waals surface area contributed by atoms with Crippen LogP contribution in [-0.2, 0) is 19.1 Å². The fourth-order valence-electron chi connectivity index (χ4n) is 2.58. The van der Waals surface area contributed by atoms with Gasteiger partial charge in [-0.05, 0) is 31.2 Å². The second-order valence-electron chi connectivity index (χ2n) is 7.95. The maximum atomic E-state index is 12.5. The van der Waals surface area contributed by atoms with E-state index in [4.69, 9.17) is 51.6 Å². The van der Waals surface area contributed by atoms with Crippen LogP contribution in [-0.4, -0.2) is 77.3 Å². The Kier molecular flexibility index (Phi) is 15.4. The topological polar surface area (TPSA) is 239 Å². The first-order valence-electron chi connectivity index (χ1n) is 11.8. The molecule has 0 aromatic heterocycles. The van der Waals surface area contributed by atoms with Crippen LogP contribution >= 0.6 is 0 Å². The molecule has 2 aromatic carbocycles. The summed E-state index contributed by atoms with van der Waals surface area (Å²) < 4.78 is 74.2. The van der Waals surface area contributed by atoms with E-state index in [2.05, 4.69) is 5.32 Å². The number of nitrogens with one attached hydrogen (secondary N) is 3. The fraction of sp³-hybridized carbons (Fsp3) is 0.280. The lowest BCUT2D eigenvalue weighted by Crippen LogP contribution is -2.42. The van der Waals surface area contributed by atoms with Gasteiger partial charge in [0, 0.05) is 23.1 Å². The third-order valence-electron chi connectivity index (χ3n) is 4.64. The molecule has 2 rings (SSSR count). The first-order chi connectivity index (χ1) is 20.2. The second-order valence-corrected chi connectivity index (χ2v) is 7.95. The van der Waals surface area contributed by atoms with E-state index in [0.29, 0.717) is 22.4 Å². The molecule has 242 valence electrons. The number of nitrogens with two attached hydrogens (primary N) is 2. The number of nitrogen functional groups attached to an aromatic ring is 2. The van der Waals surface area contributed by atoms with Crippen molar-refractivity contribution in [2.45, 2.75) is 31.7 Å². The number of halogens is 6. The van der Waals surface area contributed by atoms with Gasteiger partial charge < -0.3 is 36.5 Å². The minimum Gasteiger partial charge on any atom is -0.493 e. The third kappa shape index (κ3) is 15.0. The first kappa shape index (κ1) is 38.6. The predicted octanol–water partition coefficient (Wildman–Crippen LogP) is 2.65. The molecule has 0 saturated heterocycles. The summed E-state index contributed by atoms with van der Waals surface area (Å²) in [5, 5.41) is 31.8. The molecule has 0 saturated carbocycles. The number of carboxylic acids is 2. The van der Waals surface area contributed by atoms with Crippen molar-refractivity contribution >= 4 is 35.5 Å². The summed E-state index contributed by atoms with van der Waals surface area (Å²) in [6, 6.07) is 12.0. The smallest absolute Gasteiger partial charge is 0.490 e. The molecular weight excluding hydrogens is 612 g/mol. The Labute approximate surface area is 244 Å². The van der Waals surface area contributed by atoms with Gasteiger partial charge >= 0.3 is 30.3 Å². The zero-order valence-electron chi connectivity index (χ0n) is 22.6. The average Bonchev–Trinajstić information content (AvgIpc) is 2.92. The molecule has 0 heterocycles. The van der Waals surface area contributed by atoms with E-state index < -0.39 is 42.2 Å². The number of amides is 1. The Bertz CT molecular complexity index is 1290. The highest BCUT2D eigenvalue weighted by Gasteiger charge is 2.38. The second kappa shape index (κ2) is 17.6. The molecule has 0 aliphatic heterocycles. The number of benzene rings is 2. The van der Waals surface area contributed by atoms with Gasteiger partial charge in [0.2, 0.25) is 0 Å². The zero-order chi connectivity index (χ0) is 34.3. The number of carbonyl (C=O) groups is 4. The molecule has 2 aromatic rings. The Balaban J connectivity index is 0.00000109. The SMILES string of the molecule is CCOC(=O)[C@H](CCOc1cccc(C(=N)N)c1)NC(=O)c1ccc(C(=N)N)cc1.O=C(O)C(F)(F)F.O=C(O)C(F)(F)F. The number of aliphatic carboxylic acids is 2. The van der Waals surface area contributed by atoms with Crippen molar-refractivity contribution < 1.29 is 65.2 Å². The highest BCUT2D eigenvalue weighted by atomic mass is 19.4. The number of hydrogen-bond acceptors (Lipinski definition) is 8. The third-order valence-corrected chi connectivity index (χ3v) is 4.64. The summed E-state index contributed by atoms with van der Waals surface area (Å²) in [6.07, 6.45) is -9.99. The van der Waals surface area contributed by atoms with Crippen LogP contribution < -0.4 is 21.5 Å². The van der Waals surface area contributed by atoms with Crippen LogP contribution in [0.2, 0.25) is 0 Å². The van der Waals surface area contributed by atoms with E-state index in [0.717, 1.165) is 0 Å². The van der Waals surface area contributed by atoms with Crippen LogP contribution in [0.1, 0.15) is 34.8 Å². The van der Waals surface area contributed by atoms with Crippen molar-refractivity contribution in [2.24, 2.45) is 11.5 Å². The van der Waals surface area contributed by atoms with Gasteiger partial charge in [-0.3, -0.25) is 15.6 Å². The average molecular weight is 640 g/mol. The van der Waals surface area contributed by atoms with E-state index in [9.17, 15) is 35.9 Å². The van der Waals surface area contributed by atoms with Gasteiger partial charge in [0.05, 0.1) is 13.2 Å². The summed E-state index contributed by atoms with van der Waals surface area (Å²) in [7, 11) is 0. The van der Waals surface area contributed by atoms with E-state index in [1.54, 1.807) is 43.3 Å². The normalized spacial score (nSPS) is 11.2. The molecule has 19 heteroatoms. The van der Waals surface area contributed by atoms with E-state index in [-0.39, 0.29) is 31.3 Å². The molecule has 1 atom stereocenters. The van der Waals surface area contributed by atoms with Crippen molar-refractivity contribution in [1.82, 2.24) is 5.32 Å². The summed E-state index contributed by atoms with van der Waals surface area (Å²) in [5.41, 5.74) is 12.2. The van der Waals surface area contributed by atoms with Crippen molar-refractivity contribution in [3.8, 4) is 5.75 Å². The summed E-state index contributed by atoms with van der Waals surface area (Å²) >= 11 is 0. The van der Waals surface area contributed by atoms with Crippen molar-refractivity contribution in [3.05, 3.63) is 65.2 Å². The predicted molar refractivity (Wildman–Crippen MR) is 140 cm³/mol. The molecule has 0 fully saturated rings. The lowest BCUT2D eigenvalue weighted by molar-refractivity contribution is -0.193. The number of amidine groups is 2. The number of carbonyl (C=O) groups excluding carboxylic acids is 2. The van der Waals surface area contributed by atoms with E-state index in [1.165, 1.54) is 12.1 Å². The molecule has 44 heavy (non-hydrogen) atoms. The maximum absolute atomic E-state index is 12.5. The van der Waals surface area contributed by atoms with Gasteiger partial charge in [-0.15, -0.1) is 0 Å². The molecule has 13 nitrogen and oxygen atoms in total. The van der Waals surface area contributed by atoms with Crippen LogP contribution in [0.4, 0.5) is 26.3 Å². The minimum atomic E-state index is -5.08. The van der Waals surface area contributed by atoms with Crippen LogP contribution in [0.25, 0.3) is 0 Å². The van der Waals surface area contributed by atoms with Gasteiger partial charge in [-0.2, -0.15) is 26.3 Å². The Morgan fingerprint density at radius 3 is 1.70 bits per heavy atom.